The molecule has 2 aromatic carbocycles. The van der Waals surface area contributed by atoms with Crippen molar-refractivity contribution in [1.29, 1.82) is 0 Å². The van der Waals surface area contributed by atoms with E-state index in [-0.39, 0.29) is 12.5 Å². The molecule has 0 aliphatic carbocycles. The molecule has 0 N–H and O–H groups in total. The van der Waals surface area contributed by atoms with E-state index in [0.29, 0.717) is 24.8 Å². The number of carbonyl (C=O) groups excluding carboxylic acids is 1. The lowest BCUT2D eigenvalue weighted by Crippen LogP contribution is -2.49. The molecular formula is C27H28N6O2. The zero-order valence-corrected chi connectivity index (χ0v) is 20.0. The molecule has 0 saturated carbocycles. The van der Waals surface area contributed by atoms with Gasteiger partial charge in [0, 0.05) is 61.1 Å². The molecule has 8 heteroatoms. The Hall–Kier alpha value is -4.20. The fourth-order valence-corrected chi connectivity index (χ4v) is 4.36. The molecule has 0 spiro atoms. The normalized spacial score (nSPS) is 13.7. The summed E-state index contributed by atoms with van der Waals surface area (Å²) < 4.78 is 7.51. The van der Waals surface area contributed by atoms with Crippen LogP contribution in [0.3, 0.4) is 0 Å². The van der Waals surface area contributed by atoms with Crippen LogP contribution in [0.2, 0.25) is 0 Å². The summed E-state index contributed by atoms with van der Waals surface area (Å²) in [6.45, 7) is 7.07. The number of amides is 1. The topological polar surface area (TPSA) is 76.4 Å². The molecule has 1 fully saturated rings. The van der Waals surface area contributed by atoms with Crippen molar-refractivity contribution in [2.24, 2.45) is 0 Å². The highest BCUT2D eigenvalue weighted by molar-refractivity contribution is 5.79. The van der Waals surface area contributed by atoms with Gasteiger partial charge in [0.2, 0.25) is 5.91 Å². The molecule has 8 nitrogen and oxygen atoms in total. The van der Waals surface area contributed by atoms with Gasteiger partial charge in [0.05, 0.1) is 5.69 Å². The highest BCUT2D eigenvalue weighted by Gasteiger charge is 2.23. The molecule has 0 unspecified atom stereocenters. The van der Waals surface area contributed by atoms with Crippen LogP contribution in [0, 0.1) is 13.8 Å². The number of carbonyl (C=O) groups is 1. The van der Waals surface area contributed by atoms with Crippen LogP contribution in [0.4, 0.5) is 5.69 Å². The molecule has 0 radical (unpaired) electrons. The Bertz CT molecular complexity index is 1300. The number of anilines is 1. The number of hydrogen-bond donors (Lipinski definition) is 0. The minimum Gasteiger partial charge on any atom is -0.424 e. The Morgan fingerprint density at radius 1 is 0.914 bits per heavy atom. The zero-order valence-electron chi connectivity index (χ0n) is 20.0. The van der Waals surface area contributed by atoms with Crippen LogP contribution in [0.5, 0.6) is 11.8 Å². The number of para-hydroxylation sites is 2. The molecule has 35 heavy (non-hydrogen) atoms. The van der Waals surface area contributed by atoms with Crippen LogP contribution in [0.15, 0.2) is 73.1 Å². The number of nitrogens with zero attached hydrogens (tertiary/aromatic N) is 6. The van der Waals surface area contributed by atoms with Gasteiger partial charge in [-0.05, 0) is 38.1 Å². The van der Waals surface area contributed by atoms with E-state index in [1.54, 1.807) is 17.1 Å². The third kappa shape index (κ3) is 5.16. The summed E-state index contributed by atoms with van der Waals surface area (Å²) in [5.41, 5.74) is 5.02. The fraction of sp³-hybridized carbons (Fsp3) is 0.259. The molecule has 2 aromatic heterocycles. The molecule has 1 amide bonds. The van der Waals surface area contributed by atoms with Gasteiger partial charge >= 0.3 is 6.01 Å². The molecule has 1 saturated heterocycles. The summed E-state index contributed by atoms with van der Waals surface area (Å²) in [6, 6.07) is 20.0. The van der Waals surface area contributed by atoms with E-state index in [9.17, 15) is 4.79 Å². The van der Waals surface area contributed by atoms with Crippen molar-refractivity contribution >= 4 is 11.6 Å². The number of benzene rings is 2. The maximum Gasteiger partial charge on any atom is 0.321 e. The van der Waals surface area contributed by atoms with Crippen molar-refractivity contribution in [2.75, 3.05) is 31.1 Å². The lowest BCUT2D eigenvalue weighted by Gasteiger charge is -2.37. The van der Waals surface area contributed by atoms with E-state index in [4.69, 9.17) is 4.74 Å². The molecule has 0 bridgehead atoms. The van der Waals surface area contributed by atoms with Gasteiger partial charge in [-0.25, -0.2) is 9.97 Å². The average Bonchev–Trinajstić information content (AvgIpc) is 3.21. The van der Waals surface area contributed by atoms with Crippen LogP contribution in [-0.4, -0.2) is 56.7 Å². The number of piperazine rings is 1. The first kappa shape index (κ1) is 22.6. The molecule has 3 heterocycles. The lowest BCUT2D eigenvalue weighted by atomic mass is 10.1. The summed E-state index contributed by atoms with van der Waals surface area (Å²) in [5, 5.41) is 4.42. The minimum absolute atomic E-state index is 0.103. The first-order valence-corrected chi connectivity index (χ1v) is 11.7. The second-order valence-electron chi connectivity index (χ2n) is 8.64. The number of hydrogen-bond acceptors (Lipinski definition) is 6. The van der Waals surface area contributed by atoms with Crippen LogP contribution in [0.25, 0.3) is 11.1 Å². The van der Waals surface area contributed by atoms with Gasteiger partial charge in [-0.1, -0.05) is 36.4 Å². The highest BCUT2D eigenvalue weighted by atomic mass is 16.5. The predicted octanol–water partition coefficient (Wildman–Crippen LogP) is 4.10. The summed E-state index contributed by atoms with van der Waals surface area (Å²) in [6.07, 6.45) is 3.58. The molecule has 0 atom stereocenters. The van der Waals surface area contributed by atoms with Gasteiger partial charge in [-0.2, -0.15) is 5.10 Å². The molecule has 1 aliphatic heterocycles. The summed E-state index contributed by atoms with van der Waals surface area (Å²) in [7, 11) is 0. The van der Waals surface area contributed by atoms with E-state index in [1.807, 2.05) is 67.3 Å². The Balaban J connectivity index is 1.25. The number of ether oxygens (including phenoxy) is 1. The Morgan fingerprint density at radius 3 is 2.29 bits per heavy atom. The maximum atomic E-state index is 12.8. The molecule has 4 aromatic rings. The maximum absolute atomic E-state index is 12.8. The van der Waals surface area contributed by atoms with Crippen molar-refractivity contribution in [3.05, 3.63) is 84.4 Å². The van der Waals surface area contributed by atoms with Crippen LogP contribution < -0.4 is 9.64 Å². The Kier molecular flexibility index (Phi) is 6.43. The summed E-state index contributed by atoms with van der Waals surface area (Å²) >= 11 is 0. The van der Waals surface area contributed by atoms with Gasteiger partial charge < -0.3 is 14.5 Å². The van der Waals surface area contributed by atoms with Gasteiger partial charge in [0.1, 0.15) is 12.3 Å². The van der Waals surface area contributed by atoms with E-state index in [1.165, 1.54) is 0 Å². The minimum atomic E-state index is 0.103. The molecular weight excluding hydrogens is 440 g/mol. The summed E-state index contributed by atoms with van der Waals surface area (Å²) in [4.78, 5) is 25.9. The third-order valence-corrected chi connectivity index (χ3v) is 6.16. The lowest BCUT2D eigenvalue weighted by molar-refractivity contribution is -0.132. The van der Waals surface area contributed by atoms with Crippen LogP contribution >= 0.6 is 0 Å². The Labute approximate surface area is 204 Å². The van der Waals surface area contributed by atoms with Gasteiger partial charge in [-0.3, -0.25) is 9.48 Å². The quantitative estimate of drug-likeness (QED) is 0.424. The first-order chi connectivity index (χ1) is 17.1. The standard InChI is InChI=1S/C27H28N6O2/c1-20-16-21(2)33(30-20)19-26(34)32-14-12-31(13-15-32)25-11-7-6-10-24(25)22-17-28-27(29-18-22)35-23-8-4-3-5-9-23/h3-11,16-18H,12-15,19H2,1-2H3. The largest absolute Gasteiger partial charge is 0.424 e. The number of aromatic nitrogens is 4. The van der Waals surface area contributed by atoms with Crippen molar-refractivity contribution in [2.45, 2.75) is 20.4 Å². The monoisotopic (exact) mass is 468 g/mol. The zero-order chi connectivity index (χ0) is 24.2. The smallest absolute Gasteiger partial charge is 0.321 e. The van der Waals surface area contributed by atoms with Crippen molar-refractivity contribution in [3.8, 4) is 22.9 Å². The number of rotatable bonds is 6. The molecule has 178 valence electrons. The third-order valence-electron chi connectivity index (χ3n) is 6.16. The van der Waals surface area contributed by atoms with Gasteiger partial charge in [0.25, 0.3) is 0 Å². The van der Waals surface area contributed by atoms with Crippen LogP contribution in [-0.2, 0) is 11.3 Å². The molecule has 1 aliphatic rings. The van der Waals surface area contributed by atoms with Crippen molar-refractivity contribution in [3.63, 3.8) is 0 Å². The van der Waals surface area contributed by atoms with Gasteiger partial charge in [0.15, 0.2) is 0 Å². The average molecular weight is 469 g/mol. The fourth-order valence-electron chi connectivity index (χ4n) is 4.36. The van der Waals surface area contributed by atoms with Crippen molar-refractivity contribution < 1.29 is 9.53 Å². The van der Waals surface area contributed by atoms with Crippen molar-refractivity contribution in [1.82, 2.24) is 24.6 Å². The highest BCUT2D eigenvalue weighted by Crippen LogP contribution is 2.31. The second kappa shape index (κ2) is 9.97. The second-order valence-corrected chi connectivity index (χ2v) is 8.64. The van der Waals surface area contributed by atoms with E-state index >= 15 is 0 Å². The van der Waals surface area contributed by atoms with E-state index in [0.717, 1.165) is 41.3 Å². The predicted molar refractivity (Wildman–Crippen MR) is 134 cm³/mol. The first-order valence-electron chi connectivity index (χ1n) is 11.7. The number of aryl methyl sites for hydroxylation is 2. The van der Waals surface area contributed by atoms with Gasteiger partial charge in [-0.15, -0.1) is 0 Å². The van der Waals surface area contributed by atoms with E-state index in [2.05, 4.69) is 32.1 Å². The van der Waals surface area contributed by atoms with Crippen LogP contribution in [0.1, 0.15) is 11.4 Å². The van der Waals surface area contributed by atoms with E-state index < -0.39 is 0 Å². The SMILES string of the molecule is Cc1cc(C)n(CC(=O)N2CCN(c3ccccc3-c3cnc(Oc4ccccc4)nc3)CC2)n1. The molecule has 5 rings (SSSR count). The Morgan fingerprint density at radius 2 is 1.60 bits per heavy atom. The summed E-state index contributed by atoms with van der Waals surface area (Å²) in [5.74, 6) is 0.803.